The maximum absolute atomic E-state index is 4.65. The Labute approximate surface area is 121 Å². The van der Waals surface area contributed by atoms with Crippen molar-refractivity contribution in [2.75, 3.05) is 0 Å². The zero-order chi connectivity index (χ0) is 12.4. The maximum Gasteiger partial charge on any atom is 0.0884 e. The van der Waals surface area contributed by atoms with E-state index in [-0.39, 0.29) is 0 Å². The molecule has 1 atom stereocenters. The smallest absolute Gasteiger partial charge is 0.0884 e. The summed E-state index contributed by atoms with van der Waals surface area (Å²) in [5, 5.41) is 4.65. The summed E-state index contributed by atoms with van der Waals surface area (Å²) in [6.45, 7) is 0. The molecular weight excluding hydrogens is 335 g/mol. The van der Waals surface area contributed by atoms with E-state index in [4.69, 9.17) is 0 Å². The molecule has 0 fully saturated rings. The van der Waals surface area contributed by atoms with Gasteiger partial charge in [-0.2, -0.15) is 5.10 Å². The Hall–Kier alpha value is -1.36. The second kappa shape index (κ2) is 5.10. The van der Waals surface area contributed by atoms with Crippen LogP contribution in [0.1, 0.15) is 23.6 Å². The fraction of sp³-hybridized carbons (Fsp3) is 0.133. The van der Waals surface area contributed by atoms with Gasteiger partial charge in [-0.25, -0.2) is 3.22 Å². The lowest BCUT2D eigenvalue weighted by atomic mass is 9.99. The van der Waals surface area contributed by atoms with Crippen molar-refractivity contribution < 1.29 is 0 Å². The third-order valence-corrected chi connectivity index (χ3v) is 4.04. The molecule has 0 N–H and O–H groups in total. The number of hydrazone groups is 1. The van der Waals surface area contributed by atoms with E-state index in [1.165, 1.54) is 16.8 Å². The molecule has 2 aromatic rings. The molecule has 0 amide bonds. The van der Waals surface area contributed by atoms with Gasteiger partial charge in [0.15, 0.2) is 0 Å². The standard InChI is InChI=1S/C15H13IN2/c16-18-15(13-9-5-2-6-10-13)11-14(17-18)12-7-3-1-4-8-12/h1-10,15H,11H2. The van der Waals surface area contributed by atoms with Crippen LogP contribution >= 0.6 is 22.9 Å². The molecule has 0 aliphatic carbocycles. The molecule has 0 saturated carbocycles. The fourth-order valence-corrected chi connectivity index (χ4v) is 2.99. The van der Waals surface area contributed by atoms with Gasteiger partial charge in [-0.15, -0.1) is 0 Å². The molecule has 0 bridgehead atoms. The maximum atomic E-state index is 4.65. The second-order valence-corrected chi connectivity index (χ2v) is 5.32. The molecule has 1 aliphatic rings. The lowest BCUT2D eigenvalue weighted by Crippen LogP contribution is -2.08. The molecule has 90 valence electrons. The molecule has 1 aliphatic heterocycles. The summed E-state index contributed by atoms with van der Waals surface area (Å²) in [7, 11) is 0. The summed E-state index contributed by atoms with van der Waals surface area (Å²) < 4.78 is 2.04. The minimum atomic E-state index is 0.349. The molecule has 2 aromatic carbocycles. The highest BCUT2D eigenvalue weighted by Gasteiger charge is 2.26. The molecule has 0 saturated heterocycles. The van der Waals surface area contributed by atoms with E-state index in [1.807, 2.05) is 9.29 Å². The van der Waals surface area contributed by atoms with Crippen molar-refractivity contribution in [1.82, 2.24) is 3.22 Å². The Bertz CT molecular complexity index is 551. The van der Waals surface area contributed by atoms with Crippen molar-refractivity contribution in [3.8, 4) is 0 Å². The average molecular weight is 348 g/mol. The average Bonchev–Trinajstić information content (AvgIpc) is 2.83. The molecule has 3 rings (SSSR count). The van der Waals surface area contributed by atoms with Gasteiger partial charge >= 0.3 is 0 Å². The van der Waals surface area contributed by atoms with Crippen LogP contribution in [0.5, 0.6) is 0 Å². The van der Waals surface area contributed by atoms with E-state index in [0.717, 1.165) is 6.42 Å². The van der Waals surface area contributed by atoms with Crippen LogP contribution in [0.4, 0.5) is 0 Å². The van der Waals surface area contributed by atoms with E-state index >= 15 is 0 Å². The first-order chi connectivity index (χ1) is 8.84. The number of hydrogen-bond donors (Lipinski definition) is 0. The Balaban J connectivity index is 1.85. The Kier molecular flexibility index (Phi) is 3.32. The first kappa shape index (κ1) is 11.7. The van der Waals surface area contributed by atoms with Crippen molar-refractivity contribution in [3.05, 3.63) is 71.8 Å². The highest BCUT2D eigenvalue weighted by atomic mass is 127. The van der Waals surface area contributed by atoms with Gasteiger partial charge < -0.3 is 0 Å². The Morgan fingerprint density at radius 1 is 0.944 bits per heavy atom. The Morgan fingerprint density at radius 2 is 1.56 bits per heavy atom. The van der Waals surface area contributed by atoms with Crippen LogP contribution < -0.4 is 0 Å². The monoisotopic (exact) mass is 348 g/mol. The molecule has 3 heteroatoms. The highest BCUT2D eigenvalue weighted by molar-refractivity contribution is 14.1. The van der Waals surface area contributed by atoms with Crippen LogP contribution in [0.2, 0.25) is 0 Å². The number of benzene rings is 2. The summed E-state index contributed by atoms with van der Waals surface area (Å²) in [4.78, 5) is 0. The summed E-state index contributed by atoms with van der Waals surface area (Å²) in [5.74, 6) is 0. The molecule has 18 heavy (non-hydrogen) atoms. The zero-order valence-electron chi connectivity index (χ0n) is 9.83. The van der Waals surface area contributed by atoms with Crippen molar-refractivity contribution in [2.24, 2.45) is 5.10 Å². The number of rotatable bonds is 2. The van der Waals surface area contributed by atoms with Crippen molar-refractivity contribution >= 4 is 28.6 Å². The quantitative estimate of drug-likeness (QED) is 0.587. The largest absolute Gasteiger partial charge is 0.228 e. The van der Waals surface area contributed by atoms with E-state index in [2.05, 4.69) is 82.6 Å². The molecule has 0 spiro atoms. The Morgan fingerprint density at radius 3 is 2.22 bits per heavy atom. The lowest BCUT2D eigenvalue weighted by Gasteiger charge is -2.16. The molecule has 1 heterocycles. The van der Waals surface area contributed by atoms with Crippen molar-refractivity contribution in [2.45, 2.75) is 12.5 Å². The highest BCUT2D eigenvalue weighted by Crippen LogP contribution is 2.34. The van der Waals surface area contributed by atoms with Crippen LogP contribution in [0.3, 0.4) is 0 Å². The summed E-state index contributed by atoms with van der Waals surface area (Å²) in [5.41, 5.74) is 3.71. The number of halogens is 1. The van der Waals surface area contributed by atoms with Crippen LogP contribution in [-0.2, 0) is 0 Å². The fourth-order valence-electron chi connectivity index (χ4n) is 2.21. The topological polar surface area (TPSA) is 15.6 Å². The number of hydrogen-bond acceptors (Lipinski definition) is 2. The SMILES string of the molecule is IN1N=C(c2ccccc2)CC1c1ccccc1. The summed E-state index contributed by atoms with van der Waals surface area (Å²) in [6.07, 6.45) is 0.969. The van der Waals surface area contributed by atoms with Crippen LogP contribution in [-0.4, -0.2) is 8.93 Å². The van der Waals surface area contributed by atoms with Gasteiger partial charge in [-0.1, -0.05) is 60.7 Å². The van der Waals surface area contributed by atoms with E-state index in [1.54, 1.807) is 0 Å². The molecular formula is C15H13IN2. The van der Waals surface area contributed by atoms with Crippen molar-refractivity contribution in [1.29, 1.82) is 0 Å². The van der Waals surface area contributed by atoms with Gasteiger partial charge in [0, 0.05) is 6.42 Å². The van der Waals surface area contributed by atoms with Gasteiger partial charge in [0.25, 0.3) is 0 Å². The van der Waals surface area contributed by atoms with Gasteiger partial charge in [0.05, 0.1) is 34.6 Å². The van der Waals surface area contributed by atoms with Crippen LogP contribution in [0.15, 0.2) is 65.8 Å². The van der Waals surface area contributed by atoms with Crippen LogP contribution in [0.25, 0.3) is 0 Å². The number of nitrogens with zero attached hydrogens (tertiary/aromatic N) is 2. The third kappa shape index (κ3) is 2.27. The van der Waals surface area contributed by atoms with Gasteiger partial charge in [-0.05, 0) is 11.1 Å². The van der Waals surface area contributed by atoms with Crippen LogP contribution in [0, 0.1) is 0 Å². The molecule has 0 aromatic heterocycles. The first-order valence-electron chi connectivity index (χ1n) is 5.97. The zero-order valence-corrected chi connectivity index (χ0v) is 12.0. The predicted octanol–water partition coefficient (Wildman–Crippen LogP) is 4.19. The molecule has 2 nitrogen and oxygen atoms in total. The third-order valence-electron chi connectivity index (χ3n) is 3.15. The summed E-state index contributed by atoms with van der Waals surface area (Å²) >= 11 is 2.29. The van der Waals surface area contributed by atoms with Gasteiger partial charge in [0.2, 0.25) is 0 Å². The normalized spacial score (nSPS) is 18.8. The molecule has 0 radical (unpaired) electrons. The second-order valence-electron chi connectivity index (χ2n) is 4.33. The minimum Gasteiger partial charge on any atom is -0.228 e. The first-order valence-corrected chi connectivity index (χ1v) is 6.94. The summed E-state index contributed by atoms with van der Waals surface area (Å²) in [6, 6.07) is 21.3. The van der Waals surface area contributed by atoms with Gasteiger partial charge in [0.1, 0.15) is 0 Å². The molecule has 1 unspecified atom stereocenters. The lowest BCUT2D eigenvalue weighted by molar-refractivity contribution is 0.456. The van der Waals surface area contributed by atoms with E-state index in [9.17, 15) is 0 Å². The van der Waals surface area contributed by atoms with E-state index < -0.39 is 0 Å². The van der Waals surface area contributed by atoms with E-state index in [0.29, 0.717) is 6.04 Å². The minimum absolute atomic E-state index is 0.349. The van der Waals surface area contributed by atoms with Crippen molar-refractivity contribution in [3.63, 3.8) is 0 Å². The predicted molar refractivity (Wildman–Crippen MR) is 82.6 cm³/mol. The van der Waals surface area contributed by atoms with Gasteiger partial charge in [-0.3, -0.25) is 0 Å².